The van der Waals surface area contributed by atoms with Crippen LogP contribution in [0.5, 0.6) is 0 Å². The second kappa shape index (κ2) is 9.17. The van der Waals surface area contributed by atoms with E-state index in [1.165, 1.54) is 36.5 Å². The number of hydrogen-bond acceptors (Lipinski definition) is 5. The van der Waals surface area contributed by atoms with Gasteiger partial charge in [-0.25, -0.2) is 9.37 Å². The fourth-order valence-electron chi connectivity index (χ4n) is 3.14. The van der Waals surface area contributed by atoms with Crippen LogP contribution in [0.1, 0.15) is 33.2 Å². The predicted octanol–water partition coefficient (Wildman–Crippen LogP) is 5.21. The molecule has 3 aromatic carbocycles. The topological polar surface area (TPSA) is 100 Å². The van der Waals surface area contributed by atoms with Crippen molar-refractivity contribution in [2.24, 2.45) is 0 Å². The molecular formula is C24H19FN4O3S. The maximum Gasteiger partial charge on any atom is 0.258 e. The summed E-state index contributed by atoms with van der Waals surface area (Å²) in [4.78, 5) is 40.8. The van der Waals surface area contributed by atoms with Gasteiger partial charge in [-0.2, -0.15) is 0 Å². The first kappa shape index (κ1) is 22.1. The maximum atomic E-state index is 13.9. The lowest BCUT2D eigenvalue weighted by Crippen LogP contribution is -2.16. The van der Waals surface area contributed by atoms with Gasteiger partial charge in [0.2, 0.25) is 5.91 Å². The molecule has 0 atom stereocenters. The minimum atomic E-state index is -0.623. The molecule has 0 spiro atoms. The van der Waals surface area contributed by atoms with E-state index in [2.05, 4.69) is 20.9 Å². The summed E-state index contributed by atoms with van der Waals surface area (Å²) >= 11 is 1.30. The highest BCUT2D eigenvalue weighted by atomic mass is 32.1. The van der Waals surface area contributed by atoms with Crippen LogP contribution in [0.4, 0.5) is 20.9 Å². The molecule has 9 heteroatoms. The number of aromatic nitrogens is 1. The first-order valence-electron chi connectivity index (χ1n) is 9.96. The van der Waals surface area contributed by atoms with Gasteiger partial charge >= 0.3 is 0 Å². The van der Waals surface area contributed by atoms with E-state index in [1.54, 1.807) is 49.4 Å². The van der Waals surface area contributed by atoms with E-state index in [4.69, 9.17) is 0 Å². The number of benzene rings is 3. The summed E-state index contributed by atoms with van der Waals surface area (Å²) in [5.41, 5.74) is 2.65. The molecule has 0 fully saturated rings. The van der Waals surface area contributed by atoms with Crippen molar-refractivity contribution in [2.75, 3.05) is 16.0 Å². The normalized spacial score (nSPS) is 10.6. The third-order valence-corrected chi connectivity index (χ3v) is 5.73. The summed E-state index contributed by atoms with van der Waals surface area (Å²) in [6.45, 7) is 3.19. The fraction of sp³-hybridized carbons (Fsp3) is 0.0833. The van der Waals surface area contributed by atoms with E-state index in [0.29, 0.717) is 27.6 Å². The summed E-state index contributed by atoms with van der Waals surface area (Å²) in [6, 6.07) is 15.8. The molecule has 7 nitrogen and oxygen atoms in total. The van der Waals surface area contributed by atoms with Gasteiger partial charge < -0.3 is 16.0 Å². The van der Waals surface area contributed by atoms with Crippen LogP contribution in [0.25, 0.3) is 10.2 Å². The molecule has 1 aromatic heterocycles. The molecule has 0 aliphatic heterocycles. The van der Waals surface area contributed by atoms with Gasteiger partial charge in [-0.3, -0.25) is 14.4 Å². The Morgan fingerprint density at radius 2 is 1.70 bits per heavy atom. The number of nitrogens with one attached hydrogen (secondary N) is 3. The fourth-order valence-corrected chi connectivity index (χ4v) is 4.09. The summed E-state index contributed by atoms with van der Waals surface area (Å²) in [7, 11) is 0. The number of aryl methyl sites for hydroxylation is 1. The molecule has 0 saturated carbocycles. The molecule has 33 heavy (non-hydrogen) atoms. The molecule has 166 valence electrons. The minimum absolute atomic E-state index is 0.0803. The number of carbonyl (C=O) groups is 3. The van der Waals surface area contributed by atoms with Crippen molar-refractivity contribution in [3.63, 3.8) is 0 Å². The molecule has 3 amide bonds. The van der Waals surface area contributed by atoms with Gasteiger partial charge in [0.1, 0.15) is 5.82 Å². The molecular weight excluding hydrogens is 443 g/mol. The van der Waals surface area contributed by atoms with Crippen LogP contribution in [-0.4, -0.2) is 22.7 Å². The lowest BCUT2D eigenvalue weighted by Gasteiger charge is -2.11. The zero-order chi connectivity index (χ0) is 23.5. The predicted molar refractivity (Wildman–Crippen MR) is 127 cm³/mol. The Bertz CT molecular complexity index is 1400. The number of hydrogen-bond donors (Lipinski definition) is 3. The number of halogens is 1. The molecule has 3 N–H and O–H groups in total. The highest BCUT2D eigenvalue weighted by molar-refractivity contribution is 7.22. The smallest absolute Gasteiger partial charge is 0.258 e. The van der Waals surface area contributed by atoms with Crippen LogP contribution in [-0.2, 0) is 4.79 Å². The second-order valence-electron chi connectivity index (χ2n) is 7.30. The van der Waals surface area contributed by atoms with Gasteiger partial charge in [0.15, 0.2) is 5.13 Å². The quantitative estimate of drug-likeness (QED) is 0.379. The first-order valence-corrected chi connectivity index (χ1v) is 10.8. The summed E-state index contributed by atoms with van der Waals surface area (Å²) in [6.07, 6.45) is 0. The van der Waals surface area contributed by atoms with E-state index < -0.39 is 11.7 Å². The van der Waals surface area contributed by atoms with Crippen molar-refractivity contribution in [3.8, 4) is 0 Å². The molecule has 4 rings (SSSR count). The van der Waals surface area contributed by atoms with Crippen LogP contribution in [0, 0.1) is 12.7 Å². The highest BCUT2D eigenvalue weighted by Crippen LogP contribution is 2.29. The lowest BCUT2D eigenvalue weighted by atomic mass is 10.1. The number of nitrogens with zero attached hydrogens (tertiary/aromatic N) is 1. The van der Waals surface area contributed by atoms with Gasteiger partial charge in [-0.15, -0.1) is 0 Å². The highest BCUT2D eigenvalue weighted by Gasteiger charge is 2.15. The van der Waals surface area contributed by atoms with E-state index in [1.807, 2.05) is 0 Å². The molecule has 0 aliphatic carbocycles. The van der Waals surface area contributed by atoms with Crippen molar-refractivity contribution in [3.05, 3.63) is 83.2 Å². The number of fused-ring (bicyclic) bond motifs is 1. The average Bonchev–Trinajstić information content (AvgIpc) is 3.16. The van der Waals surface area contributed by atoms with Crippen LogP contribution < -0.4 is 16.0 Å². The second-order valence-corrected chi connectivity index (χ2v) is 8.33. The number of rotatable bonds is 5. The van der Waals surface area contributed by atoms with E-state index >= 15 is 0 Å². The Morgan fingerprint density at radius 3 is 2.45 bits per heavy atom. The van der Waals surface area contributed by atoms with Crippen LogP contribution in [0.15, 0.2) is 60.7 Å². The van der Waals surface area contributed by atoms with Crippen molar-refractivity contribution >= 4 is 55.8 Å². The number of amides is 3. The monoisotopic (exact) mass is 462 g/mol. The third kappa shape index (κ3) is 5.04. The van der Waals surface area contributed by atoms with Gasteiger partial charge in [0, 0.05) is 23.9 Å². The number of anilines is 3. The Labute approximate surface area is 192 Å². The van der Waals surface area contributed by atoms with Crippen molar-refractivity contribution in [2.45, 2.75) is 13.8 Å². The van der Waals surface area contributed by atoms with Crippen molar-refractivity contribution < 1.29 is 18.8 Å². The van der Waals surface area contributed by atoms with E-state index in [-0.39, 0.29) is 17.4 Å². The molecule has 0 bridgehead atoms. The van der Waals surface area contributed by atoms with Crippen molar-refractivity contribution in [1.29, 1.82) is 0 Å². The van der Waals surface area contributed by atoms with Gasteiger partial charge in [-0.05, 0) is 55.0 Å². The zero-order valence-electron chi connectivity index (χ0n) is 17.7. The molecule has 1 heterocycles. The van der Waals surface area contributed by atoms with E-state index in [9.17, 15) is 18.8 Å². The van der Waals surface area contributed by atoms with E-state index in [0.717, 1.165) is 10.3 Å². The first-order chi connectivity index (χ1) is 15.8. The van der Waals surface area contributed by atoms with Crippen LogP contribution >= 0.6 is 11.3 Å². The Balaban J connectivity index is 1.52. The molecule has 0 aliphatic rings. The summed E-state index contributed by atoms with van der Waals surface area (Å²) in [5.74, 6) is -1.80. The molecule has 0 unspecified atom stereocenters. The molecule has 0 radical (unpaired) electrons. The molecule has 0 saturated heterocycles. The number of thiazole rings is 1. The summed E-state index contributed by atoms with van der Waals surface area (Å²) < 4.78 is 14.7. The Hall–Kier alpha value is -4.11. The Morgan fingerprint density at radius 1 is 0.909 bits per heavy atom. The SMILES string of the molecule is CC(=O)Nc1nc2ccc(NC(=O)c3ccc(C)c(NC(=O)c4ccccc4F)c3)cc2s1. The number of carbonyl (C=O) groups excluding carboxylic acids is 3. The third-order valence-electron chi connectivity index (χ3n) is 4.80. The summed E-state index contributed by atoms with van der Waals surface area (Å²) in [5, 5.41) is 8.62. The van der Waals surface area contributed by atoms with Crippen molar-refractivity contribution in [1.82, 2.24) is 4.98 Å². The van der Waals surface area contributed by atoms with Crippen LogP contribution in [0.2, 0.25) is 0 Å². The Kier molecular flexibility index (Phi) is 6.14. The minimum Gasteiger partial charge on any atom is -0.322 e. The van der Waals surface area contributed by atoms with Gasteiger partial charge in [0.25, 0.3) is 11.8 Å². The molecule has 4 aromatic rings. The standard InChI is InChI=1S/C24H19FN4O3S/c1-13-7-8-15(11-20(13)28-23(32)17-5-3-4-6-18(17)25)22(31)27-16-9-10-19-21(12-16)33-24(29-19)26-14(2)30/h3-12H,1-2H3,(H,27,31)(H,28,32)(H,26,29,30). The lowest BCUT2D eigenvalue weighted by molar-refractivity contribution is -0.114. The van der Waals surface area contributed by atoms with Gasteiger partial charge in [-0.1, -0.05) is 29.5 Å². The maximum absolute atomic E-state index is 13.9. The zero-order valence-corrected chi connectivity index (χ0v) is 18.5. The largest absolute Gasteiger partial charge is 0.322 e. The van der Waals surface area contributed by atoms with Crippen LogP contribution in [0.3, 0.4) is 0 Å². The average molecular weight is 463 g/mol. The van der Waals surface area contributed by atoms with Gasteiger partial charge in [0.05, 0.1) is 15.8 Å².